The predicted octanol–water partition coefficient (Wildman–Crippen LogP) is 2.85. The molecule has 1 aliphatic carbocycles. The highest BCUT2D eigenvalue weighted by Crippen LogP contribution is 2.39. The molecule has 5 heteroatoms. The second-order valence-corrected chi connectivity index (χ2v) is 7.70. The second-order valence-electron chi connectivity index (χ2n) is 7.70. The fraction of sp³-hybridized carbons (Fsp3) is 0.391. The molecule has 146 valence electrons. The van der Waals surface area contributed by atoms with Gasteiger partial charge in [-0.2, -0.15) is 5.26 Å². The number of nitriles is 1. The first kappa shape index (κ1) is 20.0. The number of amides is 1. The molecule has 2 aromatic rings. The molecule has 3 N–H and O–H groups in total. The van der Waals surface area contributed by atoms with Crippen LogP contribution in [-0.4, -0.2) is 18.0 Å². The van der Waals surface area contributed by atoms with E-state index in [1.54, 1.807) is 13.0 Å². The third-order valence-corrected chi connectivity index (χ3v) is 5.52. The molecule has 1 amide bonds. The fourth-order valence-corrected chi connectivity index (χ4v) is 3.57. The SMILES string of the molecule is CCc1ccc([C@H]([NH2+]CC(=O)N[C@](C)(C#N)C2CC2)c2cccc(F)c2)cc1. The van der Waals surface area contributed by atoms with Crippen molar-refractivity contribution in [3.63, 3.8) is 0 Å². The highest BCUT2D eigenvalue weighted by Gasteiger charge is 2.43. The number of halogens is 1. The first-order valence-corrected chi connectivity index (χ1v) is 9.85. The van der Waals surface area contributed by atoms with Crippen molar-refractivity contribution in [3.05, 3.63) is 71.0 Å². The number of nitrogens with two attached hydrogens (primary N) is 1. The number of aryl methyl sites for hydroxylation is 1. The number of hydrogen-bond acceptors (Lipinski definition) is 2. The molecule has 1 fully saturated rings. The standard InChI is InChI=1S/C23H26FN3O/c1-3-16-7-9-17(10-8-16)22(18-5-4-6-20(24)13-18)26-14-21(28)27-23(2,15-25)19-11-12-19/h4-10,13,19,22,26H,3,11-12,14H2,1-2H3,(H,27,28)/p+1/t22-,23+/m0/s1. The summed E-state index contributed by atoms with van der Waals surface area (Å²) in [6.07, 6.45) is 2.90. The third-order valence-electron chi connectivity index (χ3n) is 5.52. The number of nitrogens with one attached hydrogen (secondary N) is 1. The maximum Gasteiger partial charge on any atom is 0.276 e. The molecule has 28 heavy (non-hydrogen) atoms. The first-order chi connectivity index (χ1) is 13.4. The van der Waals surface area contributed by atoms with Crippen molar-refractivity contribution in [1.29, 1.82) is 5.26 Å². The van der Waals surface area contributed by atoms with Gasteiger partial charge in [-0.05, 0) is 49.8 Å². The second kappa shape index (κ2) is 8.53. The normalized spacial score (nSPS) is 16.6. The molecule has 1 aliphatic rings. The van der Waals surface area contributed by atoms with Crippen molar-refractivity contribution >= 4 is 5.91 Å². The summed E-state index contributed by atoms with van der Waals surface area (Å²) in [5.74, 6) is -0.235. The van der Waals surface area contributed by atoms with E-state index in [1.165, 1.54) is 17.7 Å². The van der Waals surface area contributed by atoms with E-state index in [1.807, 2.05) is 23.5 Å². The van der Waals surface area contributed by atoms with Crippen LogP contribution in [0.2, 0.25) is 0 Å². The number of carbonyl (C=O) groups is 1. The smallest absolute Gasteiger partial charge is 0.276 e. The van der Waals surface area contributed by atoms with Crippen molar-refractivity contribution in [1.82, 2.24) is 5.32 Å². The largest absolute Gasteiger partial charge is 0.333 e. The Morgan fingerprint density at radius 2 is 2.00 bits per heavy atom. The molecule has 3 rings (SSSR count). The van der Waals surface area contributed by atoms with Crippen LogP contribution in [-0.2, 0) is 11.2 Å². The van der Waals surface area contributed by atoms with Gasteiger partial charge < -0.3 is 10.6 Å². The van der Waals surface area contributed by atoms with Gasteiger partial charge in [0.2, 0.25) is 0 Å². The van der Waals surface area contributed by atoms with Gasteiger partial charge in [0.1, 0.15) is 17.4 Å². The van der Waals surface area contributed by atoms with Crippen LogP contribution in [0.5, 0.6) is 0 Å². The molecule has 0 saturated heterocycles. The number of rotatable bonds is 8. The van der Waals surface area contributed by atoms with Crippen LogP contribution in [0.3, 0.4) is 0 Å². The summed E-state index contributed by atoms with van der Waals surface area (Å²) < 4.78 is 13.8. The summed E-state index contributed by atoms with van der Waals surface area (Å²) in [5.41, 5.74) is 2.25. The monoisotopic (exact) mass is 380 g/mol. The molecule has 2 aromatic carbocycles. The van der Waals surface area contributed by atoms with Crippen molar-refractivity contribution in [2.45, 2.75) is 44.7 Å². The third kappa shape index (κ3) is 4.76. The molecule has 0 bridgehead atoms. The zero-order valence-corrected chi connectivity index (χ0v) is 16.4. The minimum Gasteiger partial charge on any atom is -0.333 e. The van der Waals surface area contributed by atoms with Crippen LogP contribution in [0.25, 0.3) is 0 Å². The van der Waals surface area contributed by atoms with E-state index in [4.69, 9.17) is 0 Å². The average molecular weight is 380 g/mol. The van der Waals surface area contributed by atoms with Gasteiger partial charge in [-0.15, -0.1) is 0 Å². The van der Waals surface area contributed by atoms with Crippen LogP contribution in [0.1, 0.15) is 49.4 Å². The van der Waals surface area contributed by atoms with E-state index in [0.29, 0.717) is 0 Å². The molecule has 0 unspecified atom stereocenters. The zero-order chi connectivity index (χ0) is 20.1. The summed E-state index contributed by atoms with van der Waals surface area (Å²) in [5, 5.41) is 14.2. The molecule has 2 atom stereocenters. The van der Waals surface area contributed by atoms with Crippen LogP contribution < -0.4 is 10.6 Å². The lowest BCUT2D eigenvalue weighted by Gasteiger charge is -2.23. The summed E-state index contributed by atoms with van der Waals surface area (Å²) >= 11 is 0. The summed E-state index contributed by atoms with van der Waals surface area (Å²) in [6.45, 7) is 4.05. The lowest BCUT2D eigenvalue weighted by molar-refractivity contribution is -0.676. The van der Waals surface area contributed by atoms with E-state index in [9.17, 15) is 14.4 Å². The summed E-state index contributed by atoms with van der Waals surface area (Å²) in [7, 11) is 0. The van der Waals surface area contributed by atoms with Gasteiger partial charge in [-0.3, -0.25) is 4.79 Å². The van der Waals surface area contributed by atoms with Crippen LogP contribution in [0.4, 0.5) is 4.39 Å². The Bertz CT molecular complexity index is 870. The van der Waals surface area contributed by atoms with E-state index in [2.05, 4.69) is 30.4 Å². The van der Waals surface area contributed by atoms with Crippen LogP contribution >= 0.6 is 0 Å². The first-order valence-electron chi connectivity index (χ1n) is 9.85. The van der Waals surface area contributed by atoms with Gasteiger partial charge in [0.15, 0.2) is 6.54 Å². The van der Waals surface area contributed by atoms with Gasteiger partial charge in [0, 0.05) is 11.1 Å². The van der Waals surface area contributed by atoms with Crippen molar-refractivity contribution in [3.8, 4) is 6.07 Å². The Balaban J connectivity index is 1.75. The quantitative estimate of drug-likeness (QED) is 0.739. The van der Waals surface area contributed by atoms with E-state index in [0.717, 1.165) is 30.4 Å². The number of carbonyl (C=O) groups excluding carboxylic acids is 1. The fourth-order valence-electron chi connectivity index (χ4n) is 3.57. The molecule has 0 heterocycles. The Morgan fingerprint density at radius 1 is 1.29 bits per heavy atom. The summed E-state index contributed by atoms with van der Waals surface area (Å²) in [4.78, 5) is 12.5. The van der Waals surface area contributed by atoms with Gasteiger partial charge in [-0.1, -0.05) is 43.3 Å². The molecule has 0 aliphatic heterocycles. The van der Waals surface area contributed by atoms with Gasteiger partial charge in [-0.25, -0.2) is 4.39 Å². The molecular weight excluding hydrogens is 353 g/mol. The van der Waals surface area contributed by atoms with Crippen molar-refractivity contribution in [2.24, 2.45) is 5.92 Å². The summed E-state index contributed by atoms with van der Waals surface area (Å²) in [6, 6.07) is 16.7. The number of quaternary nitrogens is 1. The van der Waals surface area contributed by atoms with Crippen LogP contribution in [0, 0.1) is 23.1 Å². The molecule has 0 radical (unpaired) electrons. The van der Waals surface area contributed by atoms with Crippen molar-refractivity contribution in [2.75, 3.05) is 6.54 Å². The predicted molar refractivity (Wildman–Crippen MR) is 106 cm³/mol. The van der Waals surface area contributed by atoms with Gasteiger partial charge >= 0.3 is 0 Å². The van der Waals surface area contributed by atoms with E-state index in [-0.39, 0.29) is 30.2 Å². The minimum absolute atomic E-state index is 0.167. The Labute approximate surface area is 165 Å². The van der Waals surface area contributed by atoms with E-state index >= 15 is 0 Å². The molecular formula is C23H27FN3O+. The topological polar surface area (TPSA) is 69.5 Å². The van der Waals surface area contributed by atoms with Crippen molar-refractivity contribution < 1.29 is 14.5 Å². The Morgan fingerprint density at radius 3 is 2.57 bits per heavy atom. The Kier molecular flexibility index (Phi) is 6.11. The molecule has 4 nitrogen and oxygen atoms in total. The molecule has 1 saturated carbocycles. The number of benzene rings is 2. The van der Waals surface area contributed by atoms with Gasteiger partial charge in [0.05, 0.1) is 6.07 Å². The average Bonchev–Trinajstić information content (AvgIpc) is 3.54. The number of nitrogens with zero attached hydrogens (tertiary/aromatic N) is 1. The molecule has 0 spiro atoms. The number of hydrogen-bond donors (Lipinski definition) is 2. The Hall–Kier alpha value is -2.71. The van der Waals surface area contributed by atoms with Gasteiger partial charge in [0.25, 0.3) is 5.91 Å². The van der Waals surface area contributed by atoms with E-state index < -0.39 is 5.54 Å². The maximum absolute atomic E-state index is 13.8. The highest BCUT2D eigenvalue weighted by atomic mass is 19.1. The lowest BCUT2D eigenvalue weighted by atomic mass is 9.96. The lowest BCUT2D eigenvalue weighted by Crippen LogP contribution is -2.88. The maximum atomic E-state index is 13.8. The zero-order valence-electron chi connectivity index (χ0n) is 16.4. The highest BCUT2D eigenvalue weighted by molar-refractivity contribution is 5.78. The van der Waals surface area contributed by atoms with Crippen LogP contribution in [0.15, 0.2) is 48.5 Å². The minimum atomic E-state index is -0.804. The molecule has 0 aromatic heterocycles.